The fourth-order valence-corrected chi connectivity index (χ4v) is 4.38. The van der Waals surface area contributed by atoms with Crippen LogP contribution in [-0.4, -0.2) is 24.3 Å². The van der Waals surface area contributed by atoms with Crippen molar-refractivity contribution in [1.82, 2.24) is 15.3 Å². The molecular formula is C23H19FN4O4S. The lowest BCUT2D eigenvalue weighted by Crippen LogP contribution is -2.28. The number of fused-ring (bicyclic) bond motifs is 1. The Morgan fingerprint density at radius 3 is 2.52 bits per heavy atom. The quantitative estimate of drug-likeness (QED) is 0.402. The topological polar surface area (TPSA) is 121 Å². The Morgan fingerprint density at radius 1 is 1.06 bits per heavy atom. The van der Waals surface area contributed by atoms with E-state index in [1.54, 1.807) is 31.3 Å². The number of H-pyrrole nitrogens is 1. The van der Waals surface area contributed by atoms with Gasteiger partial charge in [-0.25, -0.2) is 12.8 Å². The maximum absolute atomic E-state index is 13.1. The summed E-state index contributed by atoms with van der Waals surface area (Å²) in [7, 11) is -4.04. The third-order valence-electron chi connectivity index (χ3n) is 4.94. The molecule has 0 radical (unpaired) electrons. The lowest BCUT2D eigenvalue weighted by Gasteiger charge is -2.15. The van der Waals surface area contributed by atoms with Gasteiger partial charge in [-0.3, -0.25) is 19.3 Å². The molecule has 0 saturated carbocycles. The minimum absolute atomic E-state index is 0.0235. The second kappa shape index (κ2) is 8.83. The van der Waals surface area contributed by atoms with Crippen LogP contribution >= 0.6 is 0 Å². The summed E-state index contributed by atoms with van der Waals surface area (Å²) in [6.07, 6.45) is 1.60. The number of aromatic amines is 1. The molecular weight excluding hydrogens is 447 g/mol. The monoisotopic (exact) mass is 466 g/mol. The van der Waals surface area contributed by atoms with Crippen LogP contribution < -0.4 is 15.6 Å². The fourth-order valence-electron chi connectivity index (χ4n) is 3.30. The van der Waals surface area contributed by atoms with Crippen LogP contribution in [0.15, 0.2) is 82.6 Å². The van der Waals surface area contributed by atoms with E-state index in [-0.39, 0.29) is 21.5 Å². The number of nitrogens with one attached hydrogen (secondary N) is 3. The first kappa shape index (κ1) is 22.2. The molecule has 0 aliphatic heterocycles. The zero-order chi connectivity index (χ0) is 23.6. The number of hydrogen-bond acceptors (Lipinski definition) is 5. The van der Waals surface area contributed by atoms with Gasteiger partial charge < -0.3 is 10.3 Å². The van der Waals surface area contributed by atoms with Crippen molar-refractivity contribution in [3.63, 3.8) is 0 Å². The SMILES string of the molecule is CC(NC(=O)c1cc(=O)[nH]c2ccc(S(=O)(=O)Nc3ccc(F)cc3)cc12)c1ccccn1. The molecule has 0 bridgehead atoms. The summed E-state index contributed by atoms with van der Waals surface area (Å²) in [5, 5.41) is 3.03. The molecule has 1 atom stereocenters. The molecule has 2 aromatic carbocycles. The van der Waals surface area contributed by atoms with Crippen molar-refractivity contribution >= 4 is 32.5 Å². The van der Waals surface area contributed by atoms with E-state index in [0.717, 1.165) is 18.2 Å². The Labute approximate surface area is 188 Å². The first-order valence-corrected chi connectivity index (χ1v) is 11.4. The zero-order valence-electron chi connectivity index (χ0n) is 17.4. The average Bonchev–Trinajstić information content (AvgIpc) is 2.80. The lowest BCUT2D eigenvalue weighted by atomic mass is 10.1. The molecule has 168 valence electrons. The third-order valence-corrected chi connectivity index (χ3v) is 6.32. The smallest absolute Gasteiger partial charge is 0.261 e. The molecule has 2 heterocycles. The number of hydrogen-bond donors (Lipinski definition) is 3. The number of aromatic nitrogens is 2. The van der Waals surface area contributed by atoms with Gasteiger partial charge in [0.2, 0.25) is 5.56 Å². The van der Waals surface area contributed by atoms with Crippen LogP contribution in [-0.2, 0) is 10.0 Å². The molecule has 33 heavy (non-hydrogen) atoms. The van der Waals surface area contributed by atoms with Gasteiger partial charge in [-0.1, -0.05) is 6.07 Å². The van der Waals surface area contributed by atoms with E-state index in [1.165, 1.54) is 30.3 Å². The second-order valence-corrected chi connectivity index (χ2v) is 9.00. The van der Waals surface area contributed by atoms with E-state index >= 15 is 0 Å². The molecule has 4 aromatic rings. The molecule has 8 nitrogen and oxygen atoms in total. The van der Waals surface area contributed by atoms with Gasteiger partial charge in [-0.15, -0.1) is 0 Å². The summed E-state index contributed by atoms with van der Waals surface area (Å²) < 4.78 is 41.2. The van der Waals surface area contributed by atoms with Gasteiger partial charge in [0.1, 0.15) is 5.82 Å². The summed E-state index contributed by atoms with van der Waals surface area (Å²) >= 11 is 0. The summed E-state index contributed by atoms with van der Waals surface area (Å²) in [4.78, 5) is 31.8. The van der Waals surface area contributed by atoms with Crippen LogP contribution in [0.1, 0.15) is 29.0 Å². The number of nitrogens with zero attached hydrogens (tertiary/aromatic N) is 1. The van der Waals surface area contributed by atoms with Gasteiger partial charge in [-0.05, 0) is 61.5 Å². The van der Waals surface area contributed by atoms with Gasteiger partial charge in [0.25, 0.3) is 15.9 Å². The van der Waals surface area contributed by atoms with Crippen molar-refractivity contribution in [1.29, 1.82) is 0 Å². The fraction of sp³-hybridized carbons (Fsp3) is 0.0870. The lowest BCUT2D eigenvalue weighted by molar-refractivity contribution is 0.0940. The van der Waals surface area contributed by atoms with Gasteiger partial charge in [-0.2, -0.15) is 0 Å². The number of rotatable bonds is 6. The molecule has 3 N–H and O–H groups in total. The predicted octanol–water partition coefficient (Wildman–Crippen LogP) is 3.35. The minimum Gasteiger partial charge on any atom is -0.344 e. The van der Waals surface area contributed by atoms with E-state index in [0.29, 0.717) is 11.2 Å². The van der Waals surface area contributed by atoms with Crippen LogP contribution in [0.2, 0.25) is 0 Å². The first-order valence-electron chi connectivity index (χ1n) is 9.90. The van der Waals surface area contributed by atoms with Crippen molar-refractivity contribution in [3.8, 4) is 0 Å². The number of sulfonamides is 1. The number of amides is 1. The van der Waals surface area contributed by atoms with E-state index < -0.39 is 33.3 Å². The number of carbonyl (C=O) groups is 1. The highest BCUT2D eigenvalue weighted by Crippen LogP contribution is 2.23. The van der Waals surface area contributed by atoms with E-state index in [2.05, 4.69) is 20.0 Å². The number of halogens is 1. The maximum Gasteiger partial charge on any atom is 0.261 e. The highest BCUT2D eigenvalue weighted by Gasteiger charge is 2.20. The van der Waals surface area contributed by atoms with Gasteiger partial charge in [0, 0.05) is 28.9 Å². The van der Waals surface area contributed by atoms with E-state index in [4.69, 9.17) is 0 Å². The number of pyridine rings is 2. The van der Waals surface area contributed by atoms with Crippen molar-refractivity contribution in [2.24, 2.45) is 0 Å². The predicted molar refractivity (Wildman–Crippen MR) is 122 cm³/mol. The Balaban J connectivity index is 1.70. The van der Waals surface area contributed by atoms with Crippen LogP contribution in [0.3, 0.4) is 0 Å². The minimum atomic E-state index is -4.04. The van der Waals surface area contributed by atoms with Crippen molar-refractivity contribution in [2.75, 3.05) is 4.72 Å². The number of benzene rings is 2. The highest BCUT2D eigenvalue weighted by molar-refractivity contribution is 7.92. The standard InChI is InChI=1S/C23H19FN4O4S/c1-14(20-4-2-3-11-25-20)26-23(30)19-13-22(29)27-21-10-9-17(12-18(19)21)33(31,32)28-16-7-5-15(24)6-8-16/h2-14,28H,1H3,(H,26,30)(H,27,29). The van der Waals surface area contributed by atoms with Crippen LogP contribution in [0.5, 0.6) is 0 Å². The molecule has 0 aliphatic carbocycles. The van der Waals surface area contributed by atoms with Crippen molar-refractivity contribution in [3.05, 3.63) is 100 Å². The molecule has 10 heteroatoms. The van der Waals surface area contributed by atoms with Crippen molar-refractivity contribution < 1.29 is 17.6 Å². The van der Waals surface area contributed by atoms with E-state index in [9.17, 15) is 22.4 Å². The first-order chi connectivity index (χ1) is 15.7. The molecule has 0 fully saturated rings. The Hall–Kier alpha value is -4.05. The van der Waals surface area contributed by atoms with Crippen LogP contribution in [0.25, 0.3) is 10.9 Å². The molecule has 2 aromatic heterocycles. The number of carbonyl (C=O) groups excluding carboxylic acids is 1. The summed E-state index contributed by atoms with van der Waals surface area (Å²) in [6, 6.07) is 14.9. The summed E-state index contributed by atoms with van der Waals surface area (Å²) in [5.74, 6) is -1.05. The van der Waals surface area contributed by atoms with E-state index in [1.807, 2.05) is 0 Å². The van der Waals surface area contributed by atoms with Crippen LogP contribution in [0, 0.1) is 5.82 Å². The highest BCUT2D eigenvalue weighted by atomic mass is 32.2. The second-order valence-electron chi connectivity index (χ2n) is 7.32. The third kappa shape index (κ3) is 4.90. The van der Waals surface area contributed by atoms with Crippen molar-refractivity contribution in [2.45, 2.75) is 17.9 Å². The van der Waals surface area contributed by atoms with Gasteiger partial charge in [0.05, 0.1) is 22.2 Å². The molecule has 4 rings (SSSR count). The average molecular weight is 466 g/mol. The largest absolute Gasteiger partial charge is 0.344 e. The number of anilines is 1. The zero-order valence-corrected chi connectivity index (χ0v) is 18.2. The normalized spacial score (nSPS) is 12.3. The Bertz CT molecular complexity index is 1490. The molecule has 0 aliphatic rings. The molecule has 0 spiro atoms. The van der Waals surface area contributed by atoms with Crippen LogP contribution in [0.4, 0.5) is 10.1 Å². The molecule has 1 unspecified atom stereocenters. The summed E-state index contributed by atoms with van der Waals surface area (Å²) in [5.41, 5.74) is 0.638. The van der Waals surface area contributed by atoms with Gasteiger partial charge in [0.15, 0.2) is 0 Å². The maximum atomic E-state index is 13.1. The Kier molecular flexibility index (Phi) is 5.93. The Morgan fingerprint density at radius 2 is 1.82 bits per heavy atom. The summed E-state index contributed by atoms with van der Waals surface area (Å²) in [6.45, 7) is 1.75. The molecule has 1 amide bonds. The van der Waals surface area contributed by atoms with Gasteiger partial charge >= 0.3 is 0 Å². The molecule has 0 saturated heterocycles.